The van der Waals surface area contributed by atoms with Crippen LogP contribution in [0, 0.1) is 5.82 Å². The van der Waals surface area contributed by atoms with E-state index in [1.54, 1.807) is 6.07 Å². The maximum atomic E-state index is 14.7. The minimum absolute atomic E-state index is 0.0360. The first kappa shape index (κ1) is 16.4. The normalized spacial score (nSPS) is 20.2. The Bertz CT molecular complexity index is 544. The highest BCUT2D eigenvalue weighted by Gasteiger charge is 2.36. The van der Waals surface area contributed by atoms with Crippen LogP contribution in [0.1, 0.15) is 62.8 Å². The Morgan fingerprint density at radius 2 is 1.52 bits per heavy atom. The number of hydrogen-bond donors (Lipinski definition) is 0. The van der Waals surface area contributed by atoms with Crippen LogP contribution >= 0.6 is 0 Å². The van der Waals surface area contributed by atoms with Gasteiger partial charge < -0.3 is 9.47 Å². The number of halogens is 4. The Morgan fingerprint density at radius 3 is 2.13 bits per heavy atom. The maximum absolute atomic E-state index is 14.7. The van der Waals surface area contributed by atoms with Crippen molar-refractivity contribution < 1.29 is 27.0 Å². The highest BCUT2D eigenvalue weighted by atomic mass is 19.4. The summed E-state index contributed by atoms with van der Waals surface area (Å²) in [7, 11) is 0. The average Bonchev–Trinajstić information content (AvgIpc) is 3.15. The van der Waals surface area contributed by atoms with Crippen LogP contribution in [0.5, 0.6) is 11.5 Å². The van der Waals surface area contributed by atoms with Crippen molar-refractivity contribution in [2.24, 2.45) is 0 Å². The average molecular weight is 332 g/mol. The second kappa shape index (κ2) is 6.57. The molecule has 2 aliphatic carbocycles. The molecule has 0 aliphatic heterocycles. The van der Waals surface area contributed by atoms with E-state index in [1.807, 2.05) is 0 Å². The van der Waals surface area contributed by atoms with E-state index in [-0.39, 0.29) is 17.8 Å². The van der Waals surface area contributed by atoms with E-state index >= 15 is 0 Å². The van der Waals surface area contributed by atoms with Crippen molar-refractivity contribution in [2.75, 3.05) is 0 Å². The molecule has 0 radical (unpaired) electrons. The van der Waals surface area contributed by atoms with Gasteiger partial charge in [0.2, 0.25) is 5.75 Å². The predicted octanol–water partition coefficient (Wildman–Crippen LogP) is 5.70. The molecule has 2 nitrogen and oxygen atoms in total. The SMILES string of the molecule is Fc1c(C2CCCC2)ccc(OC2CCCC2)c1OC(F)(F)F. The van der Waals surface area contributed by atoms with Crippen molar-refractivity contribution in [3.05, 3.63) is 23.5 Å². The summed E-state index contributed by atoms with van der Waals surface area (Å²) in [4.78, 5) is 0. The first-order valence-corrected chi connectivity index (χ1v) is 8.19. The van der Waals surface area contributed by atoms with Gasteiger partial charge in [-0.3, -0.25) is 0 Å². The largest absolute Gasteiger partial charge is 0.573 e. The Hall–Kier alpha value is -1.46. The van der Waals surface area contributed by atoms with E-state index in [2.05, 4.69) is 4.74 Å². The molecule has 23 heavy (non-hydrogen) atoms. The lowest BCUT2D eigenvalue weighted by Crippen LogP contribution is -2.20. The molecule has 6 heteroatoms. The molecule has 0 heterocycles. The number of hydrogen-bond acceptors (Lipinski definition) is 2. The van der Waals surface area contributed by atoms with Gasteiger partial charge in [-0.05, 0) is 56.1 Å². The third kappa shape index (κ3) is 3.90. The summed E-state index contributed by atoms with van der Waals surface area (Å²) in [5.74, 6) is -1.92. The van der Waals surface area contributed by atoms with E-state index in [1.165, 1.54) is 6.07 Å². The van der Waals surface area contributed by atoms with Gasteiger partial charge in [-0.2, -0.15) is 0 Å². The smallest absolute Gasteiger partial charge is 0.486 e. The van der Waals surface area contributed by atoms with Crippen LogP contribution in [-0.4, -0.2) is 12.5 Å². The lowest BCUT2D eigenvalue weighted by atomic mass is 9.96. The van der Waals surface area contributed by atoms with Crippen molar-refractivity contribution in [1.82, 2.24) is 0 Å². The van der Waals surface area contributed by atoms with Crippen molar-refractivity contribution >= 4 is 0 Å². The minimum atomic E-state index is -4.94. The van der Waals surface area contributed by atoms with Crippen LogP contribution in [0.15, 0.2) is 12.1 Å². The molecule has 2 aliphatic rings. The summed E-state index contributed by atoms with van der Waals surface area (Å²) in [6.45, 7) is 0. The second-order valence-electron chi connectivity index (χ2n) is 6.35. The van der Waals surface area contributed by atoms with Crippen LogP contribution in [-0.2, 0) is 0 Å². The highest BCUT2D eigenvalue weighted by Crippen LogP contribution is 2.43. The fourth-order valence-electron chi connectivity index (χ4n) is 3.60. The van der Waals surface area contributed by atoms with Gasteiger partial charge in [0.05, 0.1) is 6.10 Å². The van der Waals surface area contributed by atoms with Crippen LogP contribution < -0.4 is 9.47 Å². The fraction of sp³-hybridized carbons (Fsp3) is 0.647. The minimum Gasteiger partial charge on any atom is -0.486 e. The molecule has 3 rings (SSSR count). The van der Waals surface area contributed by atoms with Crippen LogP contribution in [0.2, 0.25) is 0 Å². The summed E-state index contributed by atoms with van der Waals surface area (Å²) in [5, 5.41) is 0. The van der Waals surface area contributed by atoms with E-state index < -0.39 is 17.9 Å². The molecule has 0 spiro atoms. The molecule has 0 saturated heterocycles. The van der Waals surface area contributed by atoms with Gasteiger partial charge in [-0.1, -0.05) is 18.9 Å². The summed E-state index contributed by atoms with van der Waals surface area (Å²) >= 11 is 0. The molecule has 2 fully saturated rings. The summed E-state index contributed by atoms with van der Waals surface area (Å²) in [6, 6.07) is 2.98. The van der Waals surface area contributed by atoms with Gasteiger partial charge >= 0.3 is 6.36 Å². The van der Waals surface area contributed by atoms with Gasteiger partial charge in [0.25, 0.3) is 0 Å². The highest BCUT2D eigenvalue weighted by molar-refractivity contribution is 5.46. The Balaban J connectivity index is 1.92. The quantitative estimate of drug-likeness (QED) is 0.658. The zero-order chi connectivity index (χ0) is 16.4. The van der Waals surface area contributed by atoms with Gasteiger partial charge in [0, 0.05) is 0 Å². The molecule has 0 atom stereocenters. The Morgan fingerprint density at radius 1 is 0.913 bits per heavy atom. The van der Waals surface area contributed by atoms with E-state index in [9.17, 15) is 17.6 Å². The first-order valence-electron chi connectivity index (χ1n) is 8.19. The molecular formula is C17H20F4O2. The zero-order valence-electron chi connectivity index (χ0n) is 12.8. The van der Waals surface area contributed by atoms with Crippen molar-refractivity contribution in [3.8, 4) is 11.5 Å². The summed E-state index contributed by atoms with van der Waals surface area (Å²) in [6.07, 6.45) is 1.93. The molecule has 128 valence electrons. The van der Waals surface area contributed by atoms with E-state index in [0.29, 0.717) is 5.56 Å². The van der Waals surface area contributed by atoms with Crippen molar-refractivity contribution in [1.29, 1.82) is 0 Å². The zero-order valence-corrected chi connectivity index (χ0v) is 12.8. The molecule has 0 N–H and O–H groups in total. The number of alkyl halides is 3. The third-order valence-corrected chi connectivity index (χ3v) is 4.70. The summed E-state index contributed by atoms with van der Waals surface area (Å²) < 4.78 is 62.3. The molecule has 1 aromatic rings. The number of ether oxygens (including phenoxy) is 2. The fourth-order valence-corrected chi connectivity index (χ4v) is 3.60. The maximum Gasteiger partial charge on any atom is 0.573 e. The molecule has 0 amide bonds. The van der Waals surface area contributed by atoms with E-state index in [4.69, 9.17) is 4.74 Å². The van der Waals surface area contributed by atoms with Gasteiger partial charge in [-0.15, -0.1) is 13.2 Å². The summed E-state index contributed by atoms with van der Waals surface area (Å²) in [5.41, 5.74) is 0.306. The van der Waals surface area contributed by atoms with Crippen LogP contribution in [0.3, 0.4) is 0 Å². The molecule has 0 unspecified atom stereocenters. The third-order valence-electron chi connectivity index (χ3n) is 4.70. The van der Waals surface area contributed by atoms with E-state index in [0.717, 1.165) is 51.4 Å². The monoisotopic (exact) mass is 332 g/mol. The topological polar surface area (TPSA) is 18.5 Å². The van der Waals surface area contributed by atoms with Gasteiger partial charge in [0.15, 0.2) is 11.6 Å². The Kier molecular flexibility index (Phi) is 4.69. The van der Waals surface area contributed by atoms with Crippen molar-refractivity contribution in [2.45, 2.75) is 69.8 Å². The van der Waals surface area contributed by atoms with Crippen molar-refractivity contribution in [3.63, 3.8) is 0 Å². The predicted molar refractivity (Wildman–Crippen MR) is 77.2 cm³/mol. The number of rotatable bonds is 4. The second-order valence-corrected chi connectivity index (χ2v) is 6.35. The Labute approximate surface area is 132 Å². The standard InChI is InChI=1S/C17H20F4O2/c18-15-13(11-5-1-2-6-11)9-10-14(16(15)23-17(19,20)21)22-12-7-3-4-8-12/h9-12H,1-8H2. The molecule has 0 aromatic heterocycles. The number of benzene rings is 1. The molecule has 0 bridgehead atoms. The molecule has 2 saturated carbocycles. The van der Waals surface area contributed by atoms with Gasteiger partial charge in [-0.25, -0.2) is 4.39 Å². The lowest BCUT2D eigenvalue weighted by molar-refractivity contribution is -0.276. The molecular weight excluding hydrogens is 312 g/mol. The first-order chi connectivity index (χ1) is 10.9. The molecule has 1 aromatic carbocycles. The lowest BCUT2D eigenvalue weighted by Gasteiger charge is -2.21. The van der Waals surface area contributed by atoms with Crippen LogP contribution in [0.25, 0.3) is 0 Å². The van der Waals surface area contributed by atoms with Crippen LogP contribution in [0.4, 0.5) is 17.6 Å². The van der Waals surface area contributed by atoms with Gasteiger partial charge in [0.1, 0.15) is 0 Å².